The molecule has 4 aliphatic carbocycles. The molecule has 0 fully saturated rings. The van der Waals surface area contributed by atoms with Crippen LogP contribution in [-0.4, -0.2) is 115 Å². The Hall–Kier alpha value is -5.72. The Balaban J connectivity index is 0.000000333. The summed E-state index contributed by atoms with van der Waals surface area (Å²) in [5.74, 6) is -1.84. The van der Waals surface area contributed by atoms with Crippen molar-refractivity contribution < 1.29 is 214 Å². The van der Waals surface area contributed by atoms with Crippen molar-refractivity contribution in [2.45, 2.75) is 45.3 Å². The van der Waals surface area contributed by atoms with Crippen LogP contribution in [0.3, 0.4) is 0 Å². The van der Waals surface area contributed by atoms with Gasteiger partial charge in [-0.25, -0.2) is 33.7 Å². The molecule has 32 nitrogen and oxygen atoms in total. The van der Waals surface area contributed by atoms with E-state index in [-0.39, 0.29) is 218 Å². The van der Waals surface area contributed by atoms with Crippen molar-refractivity contribution in [2.24, 2.45) is 40.9 Å². The first kappa shape index (κ1) is 81.0. The number of phenols is 2. The van der Waals surface area contributed by atoms with E-state index in [1.165, 1.54) is 85.0 Å². The number of benzene rings is 6. The zero-order valence-corrected chi connectivity index (χ0v) is 64.0. The Morgan fingerprint density at radius 1 is 0.365 bits per heavy atom. The van der Waals surface area contributed by atoms with E-state index in [2.05, 4.69) is 40.9 Å². The van der Waals surface area contributed by atoms with Crippen molar-refractivity contribution in [2.75, 3.05) is 11.5 Å². The van der Waals surface area contributed by atoms with E-state index in [1.54, 1.807) is 0 Å². The summed E-state index contributed by atoms with van der Waals surface area (Å²) in [5.41, 5.74) is 9.70. The van der Waals surface area contributed by atoms with E-state index in [4.69, 9.17) is 11.5 Å². The maximum absolute atomic E-state index is 12.1. The minimum absolute atomic E-state index is 0. The van der Waals surface area contributed by atoms with Crippen LogP contribution in [0, 0.1) is 0 Å². The fraction of sp³-hybridized carbons (Fsp3) is 0.0769. The van der Waals surface area contributed by atoms with Gasteiger partial charge in [-0.1, -0.05) is 24.3 Å². The van der Waals surface area contributed by atoms with Gasteiger partial charge >= 0.3 is 118 Å². The van der Waals surface area contributed by atoms with Gasteiger partial charge in [-0.3, -0.25) is 0 Å². The fourth-order valence-electron chi connectivity index (χ4n) is 9.04. The number of nitrogen functional groups attached to an aromatic ring is 2. The van der Waals surface area contributed by atoms with E-state index in [9.17, 15) is 95.8 Å². The normalized spacial score (nSPS) is 14.5. The topological polar surface area (TPSA) is 557 Å². The molecule has 0 aromatic heterocycles. The Morgan fingerprint density at radius 3 is 0.927 bits per heavy atom. The minimum Gasteiger partial charge on any atom is -0.744 e. The van der Waals surface area contributed by atoms with Crippen LogP contribution in [0.1, 0.15) is 25.7 Å². The van der Waals surface area contributed by atoms with Crippen LogP contribution in [-0.2, 0) is 81.6 Å². The monoisotopic (exact) mass is 1500 g/mol. The summed E-state index contributed by atoms with van der Waals surface area (Å²) in [6.45, 7) is 0. The molecule has 0 radical (unpaired) electrons. The number of hydrogen-bond donors (Lipinski definition) is 4. The molecule has 44 heteroatoms. The van der Waals surface area contributed by atoms with Crippen molar-refractivity contribution in [3.8, 4) is 11.5 Å². The van der Waals surface area contributed by atoms with E-state index < -0.39 is 135 Å². The first-order valence-electron chi connectivity index (χ1n) is 25.0. The Labute approximate surface area is 636 Å². The first-order valence-corrected chi connectivity index (χ1v) is 35.0. The molecule has 6 aromatic rings. The van der Waals surface area contributed by atoms with Gasteiger partial charge in [0.1, 0.15) is 51.8 Å². The first-order chi connectivity index (χ1) is 43.1. The number of phenolic OH excluding ortho intramolecular Hbond substituents is 2. The van der Waals surface area contributed by atoms with Crippen LogP contribution >= 0.6 is 0 Å². The summed E-state index contributed by atoms with van der Waals surface area (Å²) < 4.78 is 234. The Morgan fingerprint density at radius 2 is 0.646 bits per heavy atom. The van der Waals surface area contributed by atoms with E-state index in [0.29, 0.717) is 46.1 Å². The maximum atomic E-state index is 12.1. The summed E-state index contributed by atoms with van der Waals surface area (Å²) in [6, 6.07) is 10.1. The van der Waals surface area contributed by atoms with Crippen molar-refractivity contribution in [1.82, 2.24) is 0 Å². The van der Waals surface area contributed by atoms with Crippen LogP contribution in [0.2, 0.25) is 0 Å². The molecule has 10 rings (SSSR count). The molecule has 0 spiro atoms. The number of azo groups is 4. The largest absolute Gasteiger partial charge is 1.00 e. The third-order valence-corrected chi connectivity index (χ3v) is 19.7. The molecular weight excluding hydrogens is 1470 g/mol. The van der Waals surface area contributed by atoms with Gasteiger partial charge in [0.25, 0.3) is 0 Å². The smallest absolute Gasteiger partial charge is 0.744 e. The second-order valence-electron chi connectivity index (χ2n) is 19.1. The molecule has 0 amide bonds. The molecule has 6 aromatic carbocycles. The number of hydrogen-bond acceptors (Lipinski definition) is 32. The van der Waals surface area contributed by atoms with E-state index in [0.717, 1.165) is 12.1 Å². The molecule has 0 bridgehead atoms. The Bertz CT molecular complexity index is 5680. The molecule has 6 N–H and O–H groups in total. The summed E-state index contributed by atoms with van der Waals surface area (Å²) in [4.78, 5) is -3.76. The fourth-order valence-corrected chi connectivity index (χ4v) is 13.2. The molecule has 0 aliphatic heterocycles. The molecule has 96 heavy (non-hydrogen) atoms. The molecule has 476 valence electrons. The van der Waals surface area contributed by atoms with Gasteiger partial charge in [-0.05, 0) is 108 Å². The number of nitrogens with zero attached hydrogens (tertiary/aromatic N) is 8. The number of anilines is 2. The van der Waals surface area contributed by atoms with Gasteiger partial charge in [0, 0.05) is 68.7 Å². The summed E-state index contributed by atoms with van der Waals surface area (Å²) in [7, 11) is -31.0. The van der Waals surface area contributed by atoms with Gasteiger partial charge in [0.2, 0.25) is 41.2 Å². The second kappa shape index (κ2) is 32.5. The number of allylic oxidation sites excluding steroid dienone is 6. The van der Waals surface area contributed by atoms with Gasteiger partial charge < -0.3 is 39.9 Å². The van der Waals surface area contributed by atoms with Crippen molar-refractivity contribution >= 4 is 192 Å². The predicted molar refractivity (Wildman–Crippen MR) is 327 cm³/mol. The van der Waals surface area contributed by atoms with E-state index >= 15 is 0 Å². The molecule has 0 saturated carbocycles. The third kappa shape index (κ3) is 18.6. The van der Waals surface area contributed by atoms with Crippen molar-refractivity contribution in [3.63, 3.8) is 0 Å². The maximum Gasteiger partial charge on any atom is 1.00 e. The summed E-state index contributed by atoms with van der Waals surface area (Å²) >= 11 is 0. The molecule has 0 unspecified atom stereocenters. The molecule has 0 saturated heterocycles. The molecule has 4 aliphatic rings. The number of fused-ring (bicyclic) bond motifs is 4. The van der Waals surface area contributed by atoms with Crippen molar-refractivity contribution in [1.29, 1.82) is 0 Å². The molecule has 0 atom stereocenters. The average Bonchev–Trinajstić information content (AvgIpc) is 0.791. The zero-order valence-electron chi connectivity index (χ0n) is 49.4. The van der Waals surface area contributed by atoms with Crippen LogP contribution in [0.15, 0.2) is 169 Å². The summed E-state index contributed by atoms with van der Waals surface area (Å²) in [5, 5.41) is 53.9. The number of aromatic hydroxyl groups is 2. The van der Waals surface area contributed by atoms with Gasteiger partial charge in [0.15, 0.2) is 11.5 Å². The van der Waals surface area contributed by atoms with Gasteiger partial charge in [0.05, 0.1) is 73.2 Å². The van der Waals surface area contributed by atoms with Crippen LogP contribution < -0.4 is 151 Å². The SMILES string of the molecule is Nc1cc2c(O)c(N=Nc3ccc(N=NC4=CCC(=S(=O)=O)C=C4)c4c3=CC(=S(=O)=O)CC=4)c(S(=O)(=O)[O-])cc2cc1S(=O)(=O)[O-].Nc1cc2c(O)c(N=Nc3ccc(N=NC4=CCC(=S(=O)=O)C=C4)c4c3=CC(=S(=O)=O)CC=4)c(S(=O)(=O)[O-])cc2cc1S(=O)(=O)[O-].[Na+].[Na+].[Na+].[Na+]. The standard InChI is InChI=1S/2C26H19N5O11S4.4Na/c2*27-20-12-18-13(9-23(20)45(37,38)39)10-24(46(40,41)42)25(26(18)32)31-30-22-8-7-21(17-6-5-16(44(35)36)11-19(17)22)29-28-14-1-3-15(4-2-14)43(33)34;;;;/h2*1-3,6-12,32H,4-5,27H2,(H,37,38,39)(H,40,41,42);;;;/q;;4*+1/p-4. The Kier molecular flexibility index (Phi) is 27.4. The van der Waals surface area contributed by atoms with Gasteiger partial charge in [-0.2, -0.15) is 43.9 Å². The quantitative estimate of drug-likeness (QED) is 0.0291. The van der Waals surface area contributed by atoms with Crippen LogP contribution in [0.5, 0.6) is 11.5 Å². The minimum atomic E-state index is -5.38. The van der Waals surface area contributed by atoms with Crippen LogP contribution in [0.25, 0.3) is 45.8 Å². The zero-order chi connectivity index (χ0) is 67.1. The van der Waals surface area contributed by atoms with E-state index in [1.807, 2.05) is 0 Å². The van der Waals surface area contributed by atoms with Gasteiger partial charge in [-0.15, -0.1) is 30.7 Å². The second-order valence-corrected chi connectivity index (χ2v) is 28.5. The molecule has 0 heterocycles. The number of nitrogens with two attached hydrogens (primary N) is 2. The number of rotatable bonds is 12. The average molecular weight is 1500 g/mol. The van der Waals surface area contributed by atoms with Crippen LogP contribution in [0.4, 0.5) is 45.5 Å². The molecular formula is C52H34N10Na4O22S8. The summed E-state index contributed by atoms with van der Waals surface area (Å²) in [6.07, 6.45) is 14.5. The predicted octanol–water partition coefficient (Wildman–Crippen LogP) is -9.29. The third-order valence-electron chi connectivity index (χ3n) is 13.4. The van der Waals surface area contributed by atoms with Crippen molar-refractivity contribution in [3.05, 3.63) is 129 Å².